The van der Waals surface area contributed by atoms with Crippen molar-refractivity contribution in [1.82, 2.24) is 0 Å². The molecule has 0 nitrogen and oxygen atoms in total. The fraction of sp³-hybridized carbons (Fsp3) is 0. The Morgan fingerprint density at radius 2 is 0.735 bits per heavy atom. The highest BCUT2D eigenvalue weighted by Crippen LogP contribution is 2.37. The standard InChI is InChI=1S/C34H24/c1-3-11-25(12-4-1)19-21-27-23-29-24-28(22-20-26-13-5-2-6-14-26)31-16-8-10-18-33(31)34(29)32-17-9-7-15-30(27)32/h1-24H. The van der Waals surface area contributed by atoms with Crippen LogP contribution in [0.4, 0.5) is 0 Å². The zero-order valence-electron chi connectivity index (χ0n) is 18.9. The van der Waals surface area contributed by atoms with Crippen LogP contribution in [-0.2, 0) is 0 Å². The second-order valence-electron chi connectivity index (χ2n) is 8.61. The zero-order valence-corrected chi connectivity index (χ0v) is 18.9. The van der Waals surface area contributed by atoms with Crippen molar-refractivity contribution < 1.29 is 0 Å². The molecule has 6 aromatic carbocycles. The van der Waals surface area contributed by atoms with Crippen molar-refractivity contribution in [1.29, 1.82) is 0 Å². The number of rotatable bonds is 4. The second kappa shape index (κ2) is 8.84. The first-order valence-electron chi connectivity index (χ1n) is 11.7. The van der Waals surface area contributed by atoms with E-state index in [2.05, 4.69) is 146 Å². The lowest BCUT2D eigenvalue weighted by molar-refractivity contribution is 1.66. The summed E-state index contributed by atoms with van der Waals surface area (Å²) >= 11 is 0. The molecule has 0 aliphatic rings. The molecule has 0 amide bonds. The van der Waals surface area contributed by atoms with Crippen molar-refractivity contribution in [2.24, 2.45) is 0 Å². The van der Waals surface area contributed by atoms with E-state index in [9.17, 15) is 0 Å². The minimum atomic E-state index is 1.21. The van der Waals surface area contributed by atoms with Crippen LogP contribution in [0.2, 0.25) is 0 Å². The second-order valence-corrected chi connectivity index (χ2v) is 8.61. The van der Waals surface area contributed by atoms with Crippen LogP contribution in [-0.4, -0.2) is 0 Å². The zero-order chi connectivity index (χ0) is 22.7. The summed E-state index contributed by atoms with van der Waals surface area (Å²) in [7, 11) is 0. The van der Waals surface area contributed by atoms with Crippen molar-refractivity contribution in [2.45, 2.75) is 0 Å². The number of hydrogen-bond donors (Lipinski definition) is 0. The first kappa shape index (κ1) is 20.2. The molecule has 0 fully saturated rings. The predicted molar refractivity (Wildman–Crippen MR) is 150 cm³/mol. The van der Waals surface area contributed by atoms with E-state index < -0.39 is 0 Å². The maximum atomic E-state index is 2.34. The number of fused-ring (bicyclic) bond motifs is 5. The van der Waals surface area contributed by atoms with E-state index in [4.69, 9.17) is 0 Å². The monoisotopic (exact) mass is 432 g/mol. The molecule has 0 aliphatic heterocycles. The number of hydrogen-bond acceptors (Lipinski definition) is 0. The molecular formula is C34H24. The van der Waals surface area contributed by atoms with Crippen LogP contribution in [0.15, 0.2) is 121 Å². The molecule has 6 aromatic rings. The van der Waals surface area contributed by atoms with E-state index in [1.807, 2.05) is 0 Å². The third-order valence-electron chi connectivity index (χ3n) is 6.44. The predicted octanol–water partition coefficient (Wildman–Crippen LogP) is 9.49. The molecule has 0 N–H and O–H groups in total. The third-order valence-corrected chi connectivity index (χ3v) is 6.44. The Labute approximate surface area is 200 Å². The summed E-state index contributed by atoms with van der Waals surface area (Å²) in [5.41, 5.74) is 4.88. The quantitative estimate of drug-likeness (QED) is 0.192. The van der Waals surface area contributed by atoms with Gasteiger partial charge in [-0.3, -0.25) is 0 Å². The minimum Gasteiger partial charge on any atom is -0.0622 e. The van der Waals surface area contributed by atoms with Gasteiger partial charge >= 0.3 is 0 Å². The molecule has 0 aliphatic carbocycles. The van der Waals surface area contributed by atoms with Crippen molar-refractivity contribution in [3.05, 3.63) is 144 Å². The summed E-state index contributed by atoms with van der Waals surface area (Å²) in [5.74, 6) is 0. The maximum Gasteiger partial charge on any atom is -0.00260 e. The summed E-state index contributed by atoms with van der Waals surface area (Å²) in [6.45, 7) is 0. The summed E-state index contributed by atoms with van der Waals surface area (Å²) in [6.07, 6.45) is 8.88. The summed E-state index contributed by atoms with van der Waals surface area (Å²) in [6, 6.07) is 43.2. The van der Waals surface area contributed by atoms with E-state index >= 15 is 0 Å². The molecule has 0 unspecified atom stereocenters. The van der Waals surface area contributed by atoms with Gasteiger partial charge in [0.2, 0.25) is 0 Å². The van der Waals surface area contributed by atoms with E-state index in [1.54, 1.807) is 0 Å². The van der Waals surface area contributed by atoms with Gasteiger partial charge in [0.05, 0.1) is 0 Å². The molecule has 0 saturated heterocycles. The Balaban J connectivity index is 1.60. The molecule has 0 spiro atoms. The molecule has 0 aromatic heterocycles. The van der Waals surface area contributed by atoms with Gasteiger partial charge in [0.15, 0.2) is 0 Å². The Kier molecular flexibility index (Phi) is 5.26. The Hall–Kier alpha value is -4.42. The van der Waals surface area contributed by atoms with Gasteiger partial charge < -0.3 is 0 Å². The van der Waals surface area contributed by atoms with Crippen molar-refractivity contribution in [3.8, 4) is 0 Å². The normalized spacial score (nSPS) is 11.9. The van der Waals surface area contributed by atoms with Gasteiger partial charge in [0, 0.05) is 0 Å². The first-order chi connectivity index (χ1) is 16.9. The molecule has 0 bridgehead atoms. The molecule has 0 saturated carbocycles. The topological polar surface area (TPSA) is 0 Å². The average Bonchev–Trinajstić information content (AvgIpc) is 2.91. The van der Waals surface area contributed by atoms with Gasteiger partial charge in [-0.05, 0) is 66.7 Å². The molecular weight excluding hydrogens is 408 g/mol. The highest BCUT2D eigenvalue weighted by Gasteiger charge is 2.10. The third kappa shape index (κ3) is 3.80. The largest absolute Gasteiger partial charge is 0.0622 e. The first-order valence-corrected chi connectivity index (χ1v) is 11.7. The van der Waals surface area contributed by atoms with Crippen LogP contribution in [0.5, 0.6) is 0 Å². The molecule has 6 rings (SSSR count). The molecule has 34 heavy (non-hydrogen) atoms. The fourth-order valence-corrected chi connectivity index (χ4v) is 4.81. The van der Waals surface area contributed by atoms with Crippen LogP contribution in [0, 0.1) is 0 Å². The van der Waals surface area contributed by atoms with E-state index in [-0.39, 0.29) is 0 Å². The van der Waals surface area contributed by atoms with Crippen LogP contribution in [0.3, 0.4) is 0 Å². The van der Waals surface area contributed by atoms with Gasteiger partial charge in [-0.25, -0.2) is 0 Å². The van der Waals surface area contributed by atoms with Gasteiger partial charge in [0.1, 0.15) is 0 Å². The number of benzene rings is 6. The Bertz CT molecular complexity index is 1550. The average molecular weight is 433 g/mol. The van der Waals surface area contributed by atoms with Gasteiger partial charge in [-0.2, -0.15) is 0 Å². The maximum absolute atomic E-state index is 2.34. The van der Waals surface area contributed by atoms with Crippen LogP contribution in [0.1, 0.15) is 22.3 Å². The smallest absolute Gasteiger partial charge is 0.00260 e. The summed E-state index contributed by atoms with van der Waals surface area (Å²) in [5, 5.41) is 7.72. The Morgan fingerprint density at radius 1 is 0.353 bits per heavy atom. The van der Waals surface area contributed by atoms with Crippen molar-refractivity contribution >= 4 is 56.6 Å². The van der Waals surface area contributed by atoms with Gasteiger partial charge in [0.25, 0.3) is 0 Å². The van der Waals surface area contributed by atoms with E-state index in [1.165, 1.54) is 54.6 Å². The minimum absolute atomic E-state index is 1.21. The summed E-state index contributed by atoms with van der Waals surface area (Å²) in [4.78, 5) is 0. The van der Waals surface area contributed by atoms with Gasteiger partial charge in [-0.1, -0.05) is 133 Å². The van der Waals surface area contributed by atoms with Crippen LogP contribution >= 0.6 is 0 Å². The lowest BCUT2D eigenvalue weighted by atomic mass is 9.90. The fourth-order valence-electron chi connectivity index (χ4n) is 4.81. The molecule has 0 heterocycles. The molecule has 0 heteroatoms. The highest BCUT2D eigenvalue weighted by molar-refractivity contribution is 6.23. The lowest BCUT2D eigenvalue weighted by Crippen LogP contribution is -1.87. The summed E-state index contributed by atoms with van der Waals surface area (Å²) < 4.78 is 0. The molecule has 0 radical (unpaired) electrons. The highest BCUT2D eigenvalue weighted by atomic mass is 14.1. The van der Waals surface area contributed by atoms with E-state index in [0.717, 1.165) is 0 Å². The lowest BCUT2D eigenvalue weighted by Gasteiger charge is -2.13. The van der Waals surface area contributed by atoms with Crippen LogP contribution in [0.25, 0.3) is 56.6 Å². The Morgan fingerprint density at radius 3 is 1.18 bits per heavy atom. The van der Waals surface area contributed by atoms with E-state index in [0.29, 0.717) is 0 Å². The van der Waals surface area contributed by atoms with Crippen molar-refractivity contribution in [3.63, 3.8) is 0 Å². The SMILES string of the molecule is C(=Cc1cc2cc(C=Cc3ccccc3)c3ccccc3c2c2ccccc12)c1ccccc1. The molecule has 160 valence electrons. The van der Waals surface area contributed by atoms with Crippen molar-refractivity contribution in [2.75, 3.05) is 0 Å². The van der Waals surface area contributed by atoms with Crippen LogP contribution < -0.4 is 0 Å². The molecule has 0 atom stereocenters. The van der Waals surface area contributed by atoms with Gasteiger partial charge in [-0.15, -0.1) is 0 Å².